The van der Waals surface area contributed by atoms with E-state index in [1.807, 2.05) is 30.5 Å². The van der Waals surface area contributed by atoms with Crippen molar-refractivity contribution in [3.05, 3.63) is 70.9 Å². The molecule has 1 saturated heterocycles. The molecule has 5 nitrogen and oxygen atoms in total. The maximum absolute atomic E-state index is 12.7. The average molecular weight is 520 g/mol. The molecule has 34 heavy (non-hydrogen) atoms. The number of thioether (sulfide) groups is 1. The number of halogens is 2. The molecular formula is C26H32Cl2N4OS. The van der Waals surface area contributed by atoms with Crippen LogP contribution < -0.4 is 5.32 Å². The van der Waals surface area contributed by atoms with E-state index in [1.54, 1.807) is 0 Å². The van der Waals surface area contributed by atoms with Crippen LogP contribution in [0.2, 0.25) is 0 Å². The molecule has 1 N–H and O–H groups in total. The van der Waals surface area contributed by atoms with Gasteiger partial charge in [-0.3, -0.25) is 9.20 Å². The SMILES string of the molecule is Cl.Cl.O=C(NCCCC1CCN(CCc2ccccc2)CC1)C1=Cc2cnc3cccc(n23)S1. The van der Waals surface area contributed by atoms with Gasteiger partial charge in [-0.1, -0.05) is 48.2 Å². The summed E-state index contributed by atoms with van der Waals surface area (Å²) in [6, 6.07) is 16.8. The van der Waals surface area contributed by atoms with Gasteiger partial charge in [-0.25, -0.2) is 4.98 Å². The monoisotopic (exact) mass is 518 g/mol. The summed E-state index contributed by atoms with van der Waals surface area (Å²) in [5, 5.41) is 4.17. The van der Waals surface area contributed by atoms with Crippen LogP contribution in [0.4, 0.5) is 0 Å². The summed E-state index contributed by atoms with van der Waals surface area (Å²) in [4.78, 5) is 20.5. The zero-order valence-electron chi connectivity index (χ0n) is 19.2. The molecule has 0 radical (unpaired) electrons. The number of carbonyl (C=O) groups excluding carboxylic acids is 1. The topological polar surface area (TPSA) is 49.6 Å². The van der Waals surface area contributed by atoms with Crippen LogP contribution in [0, 0.1) is 5.92 Å². The Morgan fingerprint density at radius 3 is 2.65 bits per heavy atom. The second-order valence-corrected chi connectivity index (χ2v) is 9.83. The fourth-order valence-electron chi connectivity index (χ4n) is 4.71. The lowest BCUT2D eigenvalue weighted by Crippen LogP contribution is -2.35. The fourth-order valence-corrected chi connectivity index (χ4v) is 5.72. The first-order chi connectivity index (χ1) is 15.8. The van der Waals surface area contributed by atoms with Crippen molar-refractivity contribution >= 4 is 54.2 Å². The molecule has 2 aliphatic rings. The molecule has 2 aliphatic heterocycles. The van der Waals surface area contributed by atoms with Gasteiger partial charge in [-0.2, -0.15) is 0 Å². The predicted molar refractivity (Wildman–Crippen MR) is 145 cm³/mol. The largest absolute Gasteiger partial charge is 0.352 e. The predicted octanol–water partition coefficient (Wildman–Crippen LogP) is 5.48. The number of imidazole rings is 1. The van der Waals surface area contributed by atoms with E-state index in [0.29, 0.717) is 0 Å². The molecule has 182 valence electrons. The third-order valence-corrected chi connectivity index (χ3v) is 7.63. The summed E-state index contributed by atoms with van der Waals surface area (Å²) >= 11 is 1.52. The molecule has 0 spiro atoms. The smallest absolute Gasteiger partial charge is 0.258 e. The van der Waals surface area contributed by atoms with Crippen molar-refractivity contribution in [2.45, 2.75) is 37.1 Å². The Morgan fingerprint density at radius 1 is 1.06 bits per heavy atom. The molecule has 4 heterocycles. The third-order valence-electron chi connectivity index (χ3n) is 6.58. The van der Waals surface area contributed by atoms with Crippen LogP contribution >= 0.6 is 36.6 Å². The van der Waals surface area contributed by atoms with Crippen LogP contribution in [0.5, 0.6) is 0 Å². The number of pyridine rings is 1. The molecule has 0 bridgehead atoms. The second-order valence-electron chi connectivity index (χ2n) is 8.77. The first-order valence-corrected chi connectivity index (χ1v) is 12.5. The van der Waals surface area contributed by atoms with Crippen molar-refractivity contribution in [2.24, 2.45) is 5.92 Å². The van der Waals surface area contributed by atoms with E-state index in [-0.39, 0.29) is 30.7 Å². The number of rotatable bonds is 8. The van der Waals surface area contributed by atoms with Gasteiger partial charge in [0.2, 0.25) is 0 Å². The van der Waals surface area contributed by atoms with Gasteiger partial charge in [-0.15, -0.1) is 24.8 Å². The van der Waals surface area contributed by atoms with Crippen LogP contribution in [0.1, 0.15) is 36.9 Å². The summed E-state index contributed by atoms with van der Waals surface area (Å²) in [7, 11) is 0. The number of hydrogen-bond donors (Lipinski definition) is 1. The van der Waals surface area contributed by atoms with Crippen LogP contribution in [-0.4, -0.2) is 46.4 Å². The zero-order chi connectivity index (χ0) is 21.8. The van der Waals surface area contributed by atoms with Gasteiger partial charge in [0.05, 0.1) is 21.8 Å². The molecule has 0 atom stereocenters. The zero-order valence-corrected chi connectivity index (χ0v) is 21.6. The molecule has 3 aromatic rings. The van der Waals surface area contributed by atoms with Crippen molar-refractivity contribution < 1.29 is 4.79 Å². The minimum absolute atomic E-state index is 0. The minimum atomic E-state index is 0. The Morgan fingerprint density at radius 2 is 1.85 bits per heavy atom. The summed E-state index contributed by atoms with van der Waals surface area (Å²) in [6.45, 7) is 4.31. The number of carbonyl (C=O) groups is 1. The summed E-state index contributed by atoms with van der Waals surface area (Å²) in [5.74, 6) is 0.810. The second kappa shape index (κ2) is 12.6. The van der Waals surface area contributed by atoms with Gasteiger partial charge in [-0.05, 0) is 74.9 Å². The highest BCUT2D eigenvalue weighted by molar-refractivity contribution is 8.04. The van der Waals surface area contributed by atoms with Gasteiger partial charge in [0.25, 0.3) is 5.91 Å². The normalized spacial score (nSPS) is 15.8. The van der Waals surface area contributed by atoms with E-state index in [0.717, 1.165) is 53.1 Å². The number of nitrogens with zero attached hydrogens (tertiary/aromatic N) is 3. The molecule has 1 fully saturated rings. The van der Waals surface area contributed by atoms with E-state index in [4.69, 9.17) is 0 Å². The molecule has 1 aromatic carbocycles. The Kier molecular flexibility index (Phi) is 9.89. The first kappa shape index (κ1) is 26.6. The highest BCUT2D eigenvalue weighted by Crippen LogP contribution is 2.34. The lowest BCUT2D eigenvalue weighted by atomic mass is 9.92. The highest BCUT2D eigenvalue weighted by Gasteiger charge is 2.21. The number of likely N-dealkylation sites (tertiary alicyclic amines) is 1. The van der Waals surface area contributed by atoms with Crippen molar-refractivity contribution in [3.8, 4) is 0 Å². The molecule has 5 rings (SSSR count). The van der Waals surface area contributed by atoms with Gasteiger partial charge >= 0.3 is 0 Å². The van der Waals surface area contributed by atoms with Crippen molar-refractivity contribution in [2.75, 3.05) is 26.2 Å². The van der Waals surface area contributed by atoms with Gasteiger partial charge in [0, 0.05) is 13.1 Å². The summed E-state index contributed by atoms with van der Waals surface area (Å²) < 4.78 is 2.09. The Labute approximate surface area is 218 Å². The Bertz CT molecular complexity index is 1110. The van der Waals surface area contributed by atoms with Gasteiger partial charge in [0.15, 0.2) is 0 Å². The molecule has 0 aliphatic carbocycles. The van der Waals surface area contributed by atoms with E-state index < -0.39 is 0 Å². The first-order valence-electron chi connectivity index (χ1n) is 11.7. The number of nitrogens with one attached hydrogen (secondary N) is 1. The minimum Gasteiger partial charge on any atom is -0.352 e. The summed E-state index contributed by atoms with van der Waals surface area (Å²) in [5.41, 5.74) is 3.32. The van der Waals surface area contributed by atoms with Crippen LogP contribution in [0.15, 0.2) is 64.7 Å². The number of amides is 1. The molecule has 2 aromatic heterocycles. The van der Waals surface area contributed by atoms with Gasteiger partial charge in [0.1, 0.15) is 5.65 Å². The Hall–Kier alpha value is -1.99. The quantitative estimate of drug-likeness (QED) is 0.401. The third kappa shape index (κ3) is 6.36. The standard InChI is InChI=1S/C26H30N4OS.2ClH/c31-26(23-18-22-19-28-24-9-4-10-25(32-23)30(22)24)27-14-5-8-21-12-16-29(17-13-21)15-11-20-6-2-1-3-7-20;;/h1-4,6-7,9-10,18-19,21H,5,8,11-17H2,(H,27,31);2*1H. The molecule has 0 saturated carbocycles. The van der Waals surface area contributed by atoms with Crippen LogP contribution in [0.3, 0.4) is 0 Å². The lowest BCUT2D eigenvalue weighted by Gasteiger charge is -2.32. The molecular weight excluding hydrogens is 487 g/mol. The molecule has 8 heteroatoms. The molecule has 0 unspecified atom stereocenters. The van der Waals surface area contributed by atoms with Crippen molar-refractivity contribution in [3.63, 3.8) is 0 Å². The van der Waals surface area contributed by atoms with E-state index in [2.05, 4.69) is 49.9 Å². The molecule has 1 amide bonds. The van der Waals surface area contributed by atoms with Crippen LogP contribution in [-0.2, 0) is 11.2 Å². The van der Waals surface area contributed by atoms with Crippen LogP contribution in [0.25, 0.3) is 11.7 Å². The average Bonchev–Trinajstić information content (AvgIpc) is 3.26. The number of hydrogen-bond acceptors (Lipinski definition) is 4. The Balaban J connectivity index is 0.00000162. The van der Waals surface area contributed by atoms with E-state index >= 15 is 0 Å². The highest BCUT2D eigenvalue weighted by atomic mass is 35.5. The van der Waals surface area contributed by atoms with Gasteiger partial charge < -0.3 is 10.2 Å². The maximum atomic E-state index is 12.7. The number of benzene rings is 1. The lowest BCUT2D eigenvalue weighted by molar-refractivity contribution is -0.116. The van der Waals surface area contributed by atoms with Crippen molar-refractivity contribution in [1.82, 2.24) is 19.6 Å². The van der Waals surface area contributed by atoms with E-state index in [1.165, 1.54) is 49.7 Å². The number of piperidine rings is 1. The number of aromatic nitrogens is 2. The maximum Gasteiger partial charge on any atom is 0.258 e. The van der Waals surface area contributed by atoms with Crippen molar-refractivity contribution in [1.29, 1.82) is 0 Å². The fraction of sp³-hybridized carbons (Fsp3) is 0.385. The summed E-state index contributed by atoms with van der Waals surface area (Å²) in [6.07, 6.45) is 9.71. The van der Waals surface area contributed by atoms with E-state index in [9.17, 15) is 4.79 Å².